The van der Waals surface area contributed by atoms with Crippen LogP contribution in [-0.2, 0) is 28.2 Å². The van der Waals surface area contributed by atoms with Crippen LogP contribution < -0.4 is 0 Å². The molecule has 8 nitrogen and oxygen atoms in total. The van der Waals surface area contributed by atoms with Gasteiger partial charge < -0.3 is 19.3 Å². The lowest BCUT2D eigenvalue weighted by Crippen LogP contribution is -2.29. The van der Waals surface area contributed by atoms with Crippen LogP contribution in [0.1, 0.15) is 181 Å². The molecule has 0 heterocycles. The van der Waals surface area contributed by atoms with Gasteiger partial charge in [0.1, 0.15) is 6.61 Å². The highest BCUT2D eigenvalue weighted by Gasteiger charge is 2.22. The molecular formula is C47H79O8P. The highest BCUT2D eigenvalue weighted by molar-refractivity contribution is 7.46. The number of hydrogen-bond acceptors (Lipinski definition) is 6. The fourth-order valence-corrected chi connectivity index (χ4v) is 5.98. The van der Waals surface area contributed by atoms with Gasteiger partial charge in [0.25, 0.3) is 0 Å². The second-order valence-corrected chi connectivity index (χ2v) is 15.5. The van der Waals surface area contributed by atoms with E-state index in [-0.39, 0.29) is 19.4 Å². The fraction of sp³-hybridized carbons (Fsp3) is 0.660. The van der Waals surface area contributed by atoms with E-state index in [2.05, 4.69) is 91.3 Å². The zero-order chi connectivity index (χ0) is 41.1. The summed E-state index contributed by atoms with van der Waals surface area (Å²) >= 11 is 0. The number of unbranched alkanes of at least 4 members (excludes halogenated alkanes) is 15. The molecule has 9 heteroatoms. The molecule has 0 unspecified atom stereocenters. The van der Waals surface area contributed by atoms with E-state index in [1.807, 2.05) is 12.2 Å². The summed E-state index contributed by atoms with van der Waals surface area (Å²) in [5.74, 6) is -0.991. The molecule has 0 saturated carbocycles. The summed E-state index contributed by atoms with van der Waals surface area (Å²) in [6.45, 7) is 3.57. The molecule has 0 saturated heterocycles. The van der Waals surface area contributed by atoms with E-state index in [0.29, 0.717) is 12.8 Å². The molecule has 0 aliphatic heterocycles. The topological polar surface area (TPSA) is 119 Å². The standard InChI is InChI=1S/C47H79O8P/c1-3-5-7-9-11-13-15-17-19-21-23-25-27-29-31-33-35-37-39-41-46(48)53-43-45(44-54-56(50,51)52)55-47(49)42-40-38-36-34-32-30-28-26-24-22-20-18-16-14-12-10-8-6-4-2/h11-14,17-20,24,26,30,32,36,38,45H,3-10,15-16,21-23,25,27-29,31,33-35,37,39-44H2,1-2H3,(H2,50,51,52)/b13-11-,14-12-,19-17-,20-18-,26-24-,32-30-,38-36-/t45-/m1/s1. The average Bonchev–Trinajstić information content (AvgIpc) is 3.17. The summed E-state index contributed by atoms with van der Waals surface area (Å²) in [7, 11) is -4.78. The van der Waals surface area contributed by atoms with E-state index in [1.54, 1.807) is 0 Å². The van der Waals surface area contributed by atoms with Crippen molar-refractivity contribution in [1.82, 2.24) is 0 Å². The van der Waals surface area contributed by atoms with Crippen LogP contribution in [-0.4, -0.2) is 41.0 Å². The van der Waals surface area contributed by atoms with E-state index < -0.39 is 32.5 Å². The summed E-state index contributed by atoms with van der Waals surface area (Å²) < 4.78 is 26.3. The number of allylic oxidation sites excluding steroid dienone is 14. The van der Waals surface area contributed by atoms with Gasteiger partial charge in [-0.3, -0.25) is 14.1 Å². The summed E-state index contributed by atoms with van der Waals surface area (Å²) in [4.78, 5) is 42.9. The Balaban J connectivity index is 4.04. The Morgan fingerprint density at radius 2 is 0.839 bits per heavy atom. The maximum Gasteiger partial charge on any atom is 0.469 e. The molecule has 0 aromatic carbocycles. The first-order chi connectivity index (χ1) is 27.3. The predicted octanol–water partition coefficient (Wildman–Crippen LogP) is 13.6. The average molecular weight is 803 g/mol. The Labute approximate surface area is 342 Å². The zero-order valence-electron chi connectivity index (χ0n) is 35.3. The van der Waals surface area contributed by atoms with Crippen molar-refractivity contribution in [3.05, 3.63) is 85.1 Å². The van der Waals surface area contributed by atoms with Crippen molar-refractivity contribution in [2.24, 2.45) is 0 Å². The quantitative estimate of drug-likeness (QED) is 0.0273. The Hall–Kier alpha value is -2.77. The highest BCUT2D eigenvalue weighted by atomic mass is 31.2. The van der Waals surface area contributed by atoms with Crippen LogP contribution in [0.2, 0.25) is 0 Å². The lowest BCUT2D eigenvalue weighted by Gasteiger charge is -2.18. The van der Waals surface area contributed by atoms with Gasteiger partial charge in [-0.1, -0.05) is 170 Å². The number of carbonyl (C=O) groups excluding carboxylic acids is 2. The molecule has 0 aromatic rings. The number of phosphoric acid groups is 1. The van der Waals surface area contributed by atoms with Crippen LogP contribution >= 0.6 is 7.82 Å². The van der Waals surface area contributed by atoms with Crippen molar-refractivity contribution < 1.29 is 37.9 Å². The summed E-state index contributed by atoms with van der Waals surface area (Å²) in [6.07, 6.45) is 56.0. The molecule has 0 aliphatic rings. The minimum absolute atomic E-state index is 0.0835. The third-order valence-electron chi connectivity index (χ3n) is 8.90. The van der Waals surface area contributed by atoms with Crippen molar-refractivity contribution in [3.63, 3.8) is 0 Å². The summed E-state index contributed by atoms with van der Waals surface area (Å²) in [5, 5.41) is 0. The van der Waals surface area contributed by atoms with E-state index in [1.165, 1.54) is 83.5 Å². The monoisotopic (exact) mass is 803 g/mol. The molecular weight excluding hydrogens is 723 g/mol. The van der Waals surface area contributed by atoms with Gasteiger partial charge in [0.2, 0.25) is 0 Å². The van der Waals surface area contributed by atoms with Crippen LogP contribution in [0.4, 0.5) is 0 Å². The SMILES string of the molecule is CCCCC/C=C\C/C=C\C/C=C\C/C=C\C/C=C\CCC(=O)O[C@H](COC(=O)CCCCCCCCCCC/C=C\C/C=C\CCCCC)COP(=O)(O)O. The lowest BCUT2D eigenvalue weighted by atomic mass is 10.1. The maximum absolute atomic E-state index is 12.4. The van der Waals surface area contributed by atoms with Crippen LogP contribution in [0.15, 0.2) is 85.1 Å². The first-order valence-corrected chi connectivity index (χ1v) is 23.4. The lowest BCUT2D eigenvalue weighted by molar-refractivity contribution is -0.161. The number of ether oxygens (including phenoxy) is 2. The minimum Gasteiger partial charge on any atom is -0.462 e. The molecule has 0 aliphatic carbocycles. The smallest absolute Gasteiger partial charge is 0.462 e. The molecule has 1 atom stereocenters. The largest absolute Gasteiger partial charge is 0.469 e. The molecule has 0 bridgehead atoms. The molecule has 0 radical (unpaired) electrons. The number of carbonyl (C=O) groups is 2. The number of esters is 2. The molecule has 0 rings (SSSR count). The Morgan fingerprint density at radius 1 is 0.464 bits per heavy atom. The molecule has 0 amide bonds. The highest BCUT2D eigenvalue weighted by Crippen LogP contribution is 2.36. The van der Waals surface area contributed by atoms with Crippen LogP contribution in [0, 0.1) is 0 Å². The van der Waals surface area contributed by atoms with E-state index >= 15 is 0 Å². The molecule has 0 spiro atoms. The number of rotatable bonds is 39. The van der Waals surface area contributed by atoms with E-state index in [4.69, 9.17) is 19.3 Å². The molecule has 56 heavy (non-hydrogen) atoms. The Kier molecular flexibility index (Phi) is 39.8. The van der Waals surface area contributed by atoms with Crippen LogP contribution in [0.5, 0.6) is 0 Å². The van der Waals surface area contributed by atoms with Gasteiger partial charge in [0, 0.05) is 12.8 Å². The van der Waals surface area contributed by atoms with Crippen LogP contribution in [0.25, 0.3) is 0 Å². The van der Waals surface area contributed by atoms with Crippen LogP contribution in [0.3, 0.4) is 0 Å². The maximum atomic E-state index is 12.4. The molecule has 320 valence electrons. The second-order valence-electron chi connectivity index (χ2n) is 14.3. The van der Waals surface area contributed by atoms with Gasteiger partial charge in [-0.15, -0.1) is 0 Å². The van der Waals surface area contributed by atoms with Crippen molar-refractivity contribution in [2.45, 2.75) is 187 Å². The van der Waals surface area contributed by atoms with Gasteiger partial charge in [0.05, 0.1) is 6.61 Å². The van der Waals surface area contributed by atoms with Gasteiger partial charge in [0.15, 0.2) is 6.10 Å². The van der Waals surface area contributed by atoms with Gasteiger partial charge in [-0.25, -0.2) is 4.57 Å². The first kappa shape index (κ1) is 53.2. The fourth-order valence-electron chi connectivity index (χ4n) is 5.62. The third-order valence-corrected chi connectivity index (χ3v) is 9.39. The van der Waals surface area contributed by atoms with Crippen molar-refractivity contribution in [2.75, 3.05) is 13.2 Å². The number of phosphoric ester groups is 1. The zero-order valence-corrected chi connectivity index (χ0v) is 36.1. The third kappa shape index (κ3) is 44.0. The van der Waals surface area contributed by atoms with E-state index in [9.17, 15) is 14.2 Å². The Bertz CT molecular complexity index is 1180. The van der Waals surface area contributed by atoms with Crippen molar-refractivity contribution in [3.8, 4) is 0 Å². The minimum atomic E-state index is -4.78. The summed E-state index contributed by atoms with van der Waals surface area (Å²) in [6, 6.07) is 0. The van der Waals surface area contributed by atoms with E-state index in [0.717, 1.165) is 57.8 Å². The second kappa shape index (κ2) is 41.9. The van der Waals surface area contributed by atoms with Crippen molar-refractivity contribution in [1.29, 1.82) is 0 Å². The Morgan fingerprint density at radius 3 is 1.27 bits per heavy atom. The first-order valence-electron chi connectivity index (χ1n) is 21.9. The van der Waals surface area contributed by atoms with Gasteiger partial charge in [-0.05, 0) is 83.5 Å². The molecule has 0 fully saturated rings. The van der Waals surface area contributed by atoms with Crippen molar-refractivity contribution >= 4 is 19.8 Å². The molecule has 0 aromatic heterocycles. The normalized spacial score (nSPS) is 13.3. The number of hydrogen-bond donors (Lipinski definition) is 2. The predicted molar refractivity (Wildman–Crippen MR) is 234 cm³/mol. The van der Waals surface area contributed by atoms with Gasteiger partial charge >= 0.3 is 19.8 Å². The molecule has 2 N–H and O–H groups in total. The van der Waals surface area contributed by atoms with Gasteiger partial charge in [-0.2, -0.15) is 0 Å². The summed E-state index contributed by atoms with van der Waals surface area (Å²) in [5.41, 5.74) is 0.